The Morgan fingerprint density at radius 1 is 1.19 bits per heavy atom. The first-order valence-electron chi connectivity index (χ1n) is 4.98. The maximum absolute atomic E-state index is 11.5. The van der Waals surface area contributed by atoms with Crippen LogP contribution in [0.1, 0.15) is 24.2 Å². The van der Waals surface area contributed by atoms with Crippen LogP contribution in [0.2, 0.25) is 0 Å². The quantitative estimate of drug-likeness (QED) is 0.354. The zero-order chi connectivity index (χ0) is 12.6. The first kappa shape index (κ1) is 14.6. The van der Waals surface area contributed by atoms with Crippen molar-refractivity contribution >= 4 is 23.4 Å². The van der Waals surface area contributed by atoms with E-state index < -0.39 is 17.1 Å². The van der Waals surface area contributed by atoms with Crippen molar-refractivity contribution in [1.29, 1.82) is 0 Å². The van der Waals surface area contributed by atoms with Gasteiger partial charge < -0.3 is 4.74 Å². The van der Waals surface area contributed by atoms with Gasteiger partial charge in [-0.05, 0) is 0 Å². The van der Waals surface area contributed by atoms with Gasteiger partial charge in [0, 0.05) is 5.56 Å². The zero-order valence-electron chi connectivity index (χ0n) is 9.57. The van der Waals surface area contributed by atoms with Crippen molar-refractivity contribution in [3.05, 3.63) is 35.9 Å². The Balaban J connectivity index is 0.00000106. The number of methoxy groups -OCH3 is 1. The summed E-state index contributed by atoms with van der Waals surface area (Å²) in [6.45, 7) is 4.00. The molecule has 0 N–H and O–H groups in total. The van der Waals surface area contributed by atoms with E-state index in [1.807, 2.05) is 13.8 Å². The molecule has 1 unspecified atom stereocenters. The fourth-order valence-electron chi connectivity index (χ4n) is 0.959. The van der Waals surface area contributed by atoms with E-state index >= 15 is 0 Å². The van der Waals surface area contributed by atoms with Crippen LogP contribution in [0.4, 0.5) is 0 Å². The molecule has 0 radical (unpaired) electrons. The van der Waals surface area contributed by atoms with Crippen LogP contribution in [0.25, 0.3) is 0 Å². The van der Waals surface area contributed by atoms with Gasteiger partial charge in [-0.25, -0.2) is 4.79 Å². The van der Waals surface area contributed by atoms with Gasteiger partial charge in [-0.1, -0.05) is 44.2 Å². The third-order valence-corrected chi connectivity index (χ3v) is 2.07. The molecule has 1 rings (SSSR count). The highest BCUT2D eigenvalue weighted by atomic mass is 35.5. The fourth-order valence-corrected chi connectivity index (χ4v) is 1.17. The molecule has 0 saturated heterocycles. The van der Waals surface area contributed by atoms with Gasteiger partial charge >= 0.3 is 5.97 Å². The molecule has 0 saturated carbocycles. The van der Waals surface area contributed by atoms with Crippen molar-refractivity contribution in [3.63, 3.8) is 0 Å². The molecular weight excluding hydrogens is 228 g/mol. The van der Waals surface area contributed by atoms with E-state index in [1.54, 1.807) is 30.3 Å². The predicted molar refractivity (Wildman–Crippen MR) is 63.8 cm³/mol. The summed E-state index contributed by atoms with van der Waals surface area (Å²) in [4.78, 5) is 22.5. The molecule has 0 aliphatic rings. The monoisotopic (exact) mass is 242 g/mol. The van der Waals surface area contributed by atoms with Crippen LogP contribution in [0.15, 0.2) is 30.3 Å². The van der Waals surface area contributed by atoms with Crippen molar-refractivity contribution < 1.29 is 14.3 Å². The number of hydrogen-bond acceptors (Lipinski definition) is 3. The Hall–Kier alpha value is -1.35. The average molecular weight is 243 g/mol. The molecular formula is C12H15ClO3. The van der Waals surface area contributed by atoms with Gasteiger partial charge in [0.15, 0.2) is 11.2 Å². The molecule has 0 aromatic heterocycles. The summed E-state index contributed by atoms with van der Waals surface area (Å²) in [7, 11) is 1.19. The molecule has 3 nitrogen and oxygen atoms in total. The third kappa shape index (κ3) is 4.03. The Kier molecular flexibility index (Phi) is 7.21. The van der Waals surface area contributed by atoms with Crippen LogP contribution in [0.5, 0.6) is 0 Å². The average Bonchev–Trinajstić information content (AvgIpc) is 2.39. The highest BCUT2D eigenvalue weighted by molar-refractivity contribution is 6.43. The van der Waals surface area contributed by atoms with Gasteiger partial charge in [0.05, 0.1) is 7.11 Å². The first-order valence-corrected chi connectivity index (χ1v) is 5.41. The summed E-state index contributed by atoms with van der Waals surface area (Å²) in [6, 6.07) is 8.38. The number of carbonyl (C=O) groups is 2. The van der Waals surface area contributed by atoms with Gasteiger partial charge in [0.1, 0.15) is 0 Å². The number of ketones is 1. The largest absolute Gasteiger partial charge is 0.468 e. The highest BCUT2D eigenvalue weighted by Gasteiger charge is 2.25. The molecule has 88 valence electrons. The minimum Gasteiger partial charge on any atom is -0.468 e. The van der Waals surface area contributed by atoms with E-state index in [9.17, 15) is 9.59 Å². The topological polar surface area (TPSA) is 43.4 Å². The van der Waals surface area contributed by atoms with Gasteiger partial charge in [-0.15, -0.1) is 11.6 Å². The minimum atomic E-state index is -1.26. The molecule has 1 atom stereocenters. The number of halogens is 1. The summed E-state index contributed by atoms with van der Waals surface area (Å²) >= 11 is 5.59. The van der Waals surface area contributed by atoms with E-state index in [-0.39, 0.29) is 0 Å². The number of ether oxygens (including phenoxy) is 1. The Bertz CT molecular complexity index is 335. The lowest BCUT2D eigenvalue weighted by molar-refractivity contribution is -0.139. The molecule has 1 aromatic carbocycles. The lowest BCUT2D eigenvalue weighted by Crippen LogP contribution is -2.25. The second-order valence-electron chi connectivity index (χ2n) is 2.62. The van der Waals surface area contributed by atoms with Crippen LogP contribution in [-0.4, -0.2) is 24.2 Å². The molecule has 0 spiro atoms. The molecule has 16 heavy (non-hydrogen) atoms. The number of alkyl halides is 1. The van der Waals surface area contributed by atoms with Crippen molar-refractivity contribution in [2.24, 2.45) is 0 Å². The molecule has 0 fully saturated rings. The van der Waals surface area contributed by atoms with Crippen LogP contribution >= 0.6 is 11.6 Å². The molecule has 0 bridgehead atoms. The molecule has 0 amide bonds. The van der Waals surface area contributed by atoms with E-state index in [0.717, 1.165) is 0 Å². The number of esters is 1. The Morgan fingerprint density at radius 2 is 1.69 bits per heavy atom. The molecule has 4 heteroatoms. The number of hydrogen-bond donors (Lipinski definition) is 0. The summed E-state index contributed by atoms with van der Waals surface area (Å²) in [6.07, 6.45) is 0. The summed E-state index contributed by atoms with van der Waals surface area (Å²) in [5.41, 5.74) is 0.401. The Labute approximate surface area is 100 Å². The standard InChI is InChI=1S/C10H9ClO3.C2H6/c1-14-10(13)8(11)9(12)7-5-3-2-4-6-7;1-2/h2-6,8H,1H3;1-2H3. The number of carbonyl (C=O) groups excluding carboxylic acids is 2. The van der Waals surface area contributed by atoms with E-state index in [4.69, 9.17) is 11.6 Å². The zero-order valence-corrected chi connectivity index (χ0v) is 10.3. The van der Waals surface area contributed by atoms with Crippen molar-refractivity contribution in [1.82, 2.24) is 0 Å². The Morgan fingerprint density at radius 3 is 2.12 bits per heavy atom. The number of Topliss-reactive ketones (excluding diaryl/α,β-unsaturated/α-hetero) is 1. The molecule has 1 aromatic rings. The van der Waals surface area contributed by atoms with Crippen molar-refractivity contribution in [2.75, 3.05) is 7.11 Å². The highest BCUT2D eigenvalue weighted by Crippen LogP contribution is 2.09. The summed E-state index contributed by atoms with van der Waals surface area (Å²) in [5.74, 6) is -1.18. The van der Waals surface area contributed by atoms with Gasteiger partial charge in [-0.3, -0.25) is 4.79 Å². The van der Waals surface area contributed by atoms with Crippen LogP contribution < -0.4 is 0 Å². The second kappa shape index (κ2) is 7.88. The maximum Gasteiger partial charge on any atom is 0.331 e. The SMILES string of the molecule is CC.COC(=O)C(Cl)C(=O)c1ccccc1. The van der Waals surface area contributed by atoms with Crippen LogP contribution in [-0.2, 0) is 9.53 Å². The minimum absolute atomic E-state index is 0.401. The van der Waals surface area contributed by atoms with Gasteiger partial charge in [0.25, 0.3) is 0 Å². The normalized spacial score (nSPS) is 10.8. The molecule has 0 aliphatic carbocycles. The second-order valence-corrected chi connectivity index (χ2v) is 3.05. The molecule has 0 aliphatic heterocycles. The summed E-state index contributed by atoms with van der Waals surface area (Å²) < 4.78 is 4.36. The van der Waals surface area contributed by atoms with Gasteiger partial charge in [-0.2, -0.15) is 0 Å². The van der Waals surface area contributed by atoms with Crippen molar-refractivity contribution in [2.45, 2.75) is 19.2 Å². The fraction of sp³-hybridized carbons (Fsp3) is 0.333. The van der Waals surface area contributed by atoms with Crippen LogP contribution in [0.3, 0.4) is 0 Å². The maximum atomic E-state index is 11.5. The van der Waals surface area contributed by atoms with Crippen molar-refractivity contribution in [3.8, 4) is 0 Å². The lowest BCUT2D eigenvalue weighted by Gasteiger charge is -2.05. The van der Waals surface area contributed by atoms with E-state index in [0.29, 0.717) is 5.56 Å². The van der Waals surface area contributed by atoms with Gasteiger partial charge in [0.2, 0.25) is 0 Å². The van der Waals surface area contributed by atoms with E-state index in [1.165, 1.54) is 7.11 Å². The van der Waals surface area contributed by atoms with Crippen LogP contribution in [0, 0.1) is 0 Å². The smallest absolute Gasteiger partial charge is 0.331 e. The predicted octanol–water partition coefficient (Wildman–Crippen LogP) is 2.68. The number of benzene rings is 1. The molecule has 0 heterocycles. The van der Waals surface area contributed by atoms with E-state index in [2.05, 4.69) is 4.74 Å². The third-order valence-electron chi connectivity index (χ3n) is 1.70. The summed E-state index contributed by atoms with van der Waals surface area (Å²) in [5, 5.41) is -1.26. The first-order chi connectivity index (χ1) is 7.66. The number of rotatable bonds is 3. The lowest BCUT2D eigenvalue weighted by atomic mass is 10.1.